The molecule has 116 valence electrons. The number of nitrogens with one attached hydrogen (secondary N) is 2. The van der Waals surface area contributed by atoms with E-state index in [-0.39, 0.29) is 11.6 Å². The Labute approximate surface area is 140 Å². The van der Waals surface area contributed by atoms with Gasteiger partial charge in [-0.25, -0.2) is 4.79 Å². The van der Waals surface area contributed by atoms with Crippen molar-refractivity contribution < 1.29 is 9.53 Å². The van der Waals surface area contributed by atoms with Gasteiger partial charge in [0, 0.05) is 27.8 Å². The first-order valence-corrected chi connectivity index (χ1v) is 8.43. The number of benzene rings is 1. The van der Waals surface area contributed by atoms with E-state index in [1.54, 1.807) is 0 Å². The average molecular weight is 402 g/mol. The molecule has 2 N–H and O–H groups in total. The zero-order chi connectivity index (χ0) is 15.5. The standard InChI is InChI=1S/C16H23IN2O2/c1-16(2,3)19-15(20)21-8-6-11-10-14-12(9-13(11)17)5-4-7-18-14/h9-10,18H,4-8H2,1-3H3,(H,19,20). The van der Waals surface area contributed by atoms with Gasteiger partial charge in [-0.3, -0.25) is 0 Å². The molecule has 0 fully saturated rings. The molecule has 0 saturated heterocycles. The van der Waals surface area contributed by atoms with Gasteiger partial charge < -0.3 is 15.4 Å². The molecule has 1 aliphatic heterocycles. The second-order valence-corrected chi connectivity index (χ2v) is 7.55. The maximum Gasteiger partial charge on any atom is 0.407 e. The molecular weight excluding hydrogens is 379 g/mol. The van der Waals surface area contributed by atoms with Crippen LogP contribution in [0.25, 0.3) is 0 Å². The highest BCUT2D eigenvalue weighted by molar-refractivity contribution is 14.1. The third-order valence-electron chi connectivity index (χ3n) is 3.29. The Morgan fingerprint density at radius 1 is 1.43 bits per heavy atom. The second kappa shape index (κ2) is 6.85. The largest absolute Gasteiger partial charge is 0.449 e. The Bertz CT molecular complexity index is 524. The van der Waals surface area contributed by atoms with E-state index in [1.807, 2.05) is 20.8 Å². The fraction of sp³-hybridized carbons (Fsp3) is 0.562. The van der Waals surface area contributed by atoms with E-state index in [0.717, 1.165) is 19.4 Å². The summed E-state index contributed by atoms with van der Waals surface area (Å²) in [7, 11) is 0. The highest BCUT2D eigenvalue weighted by Gasteiger charge is 2.15. The number of carbonyl (C=O) groups is 1. The molecule has 21 heavy (non-hydrogen) atoms. The van der Waals surface area contributed by atoms with Gasteiger partial charge in [-0.15, -0.1) is 0 Å². The molecule has 0 aliphatic carbocycles. The molecule has 0 atom stereocenters. The molecular formula is C16H23IN2O2. The first-order valence-electron chi connectivity index (χ1n) is 7.35. The van der Waals surface area contributed by atoms with Crippen molar-refractivity contribution in [2.45, 2.75) is 45.6 Å². The summed E-state index contributed by atoms with van der Waals surface area (Å²) in [4.78, 5) is 11.6. The SMILES string of the molecule is CC(C)(C)NC(=O)OCCc1cc2c(cc1I)CCCN2. The van der Waals surface area contributed by atoms with Crippen LogP contribution in [0.1, 0.15) is 38.3 Å². The highest BCUT2D eigenvalue weighted by Crippen LogP contribution is 2.27. The fourth-order valence-electron chi connectivity index (χ4n) is 2.32. The van der Waals surface area contributed by atoms with E-state index in [9.17, 15) is 4.79 Å². The summed E-state index contributed by atoms with van der Waals surface area (Å²) < 4.78 is 6.49. The Kier molecular flexibility index (Phi) is 5.35. The number of fused-ring (bicyclic) bond motifs is 1. The van der Waals surface area contributed by atoms with Crippen LogP contribution in [-0.2, 0) is 17.6 Å². The average Bonchev–Trinajstić information content (AvgIpc) is 2.37. The second-order valence-electron chi connectivity index (χ2n) is 6.39. The van der Waals surface area contributed by atoms with Gasteiger partial charge in [0.2, 0.25) is 0 Å². The lowest BCUT2D eigenvalue weighted by Gasteiger charge is -2.21. The first-order chi connectivity index (χ1) is 9.85. The third-order valence-corrected chi connectivity index (χ3v) is 4.30. The van der Waals surface area contributed by atoms with Gasteiger partial charge in [-0.2, -0.15) is 0 Å². The lowest BCUT2D eigenvalue weighted by Crippen LogP contribution is -2.41. The van der Waals surface area contributed by atoms with E-state index in [4.69, 9.17) is 4.74 Å². The number of ether oxygens (including phenoxy) is 1. The molecule has 5 heteroatoms. The van der Waals surface area contributed by atoms with Gasteiger partial charge in [0.1, 0.15) is 0 Å². The fourth-order valence-corrected chi connectivity index (χ4v) is 3.12. The number of rotatable bonds is 3. The zero-order valence-corrected chi connectivity index (χ0v) is 15.0. The summed E-state index contributed by atoms with van der Waals surface area (Å²) in [6, 6.07) is 4.44. The first kappa shape index (κ1) is 16.4. The van der Waals surface area contributed by atoms with Gasteiger partial charge in [0.05, 0.1) is 6.61 Å². The monoisotopic (exact) mass is 402 g/mol. The molecule has 0 aromatic heterocycles. The summed E-state index contributed by atoms with van der Waals surface area (Å²) in [6.45, 7) is 7.25. The molecule has 1 heterocycles. The quantitative estimate of drug-likeness (QED) is 0.758. The maximum absolute atomic E-state index is 11.6. The van der Waals surface area contributed by atoms with E-state index in [0.29, 0.717) is 6.61 Å². The minimum atomic E-state index is -0.353. The van der Waals surface area contributed by atoms with Gasteiger partial charge in [-0.05, 0) is 79.5 Å². The summed E-state index contributed by atoms with van der Waals surface area (Å²) in [5, 5.41) is 6.23. The zero-order valence-electron chi connectivity index (χ0n) is 12.9. The number of alkyl carbamates (subject to hydrolysis) is 1. The van der Waals surface area contributed by atoms with Crippen LogP contribution in [-0.4, -0.2) is 24.8 Å². The van der Waals surface area contributed by atoms with Crippen molar-refractivity contribution in [3.8, 4) is 0 Å². The molecule has 0 unspecified atom stereocenters. The normalized spacial score (nSPS) is 14.1. The summed E-state index contributed by atoms with van der Waals surface area (Å²) in [5.74, 6) is 0. The molecule has 0 saturated carbocycles. The maximum atomic E-state index is 11.6. The van der Waals surface area contributed by atoms with E-state index in [1.165, 1.54) is 26.8 Å². The van der Waals surface area contributed by atoms with Crippen LogP contribution in [0.2, 0.25) is 0 Å². The van der Waals surface area contributed by atoms with Crippen LogP contribution in [0, 0.1) is 3.57 Å². The van der Waals surface area contributed by atoms with Crippen LogP contribution in [0.15, 0.2) is 12.1 Å². The molecule has 1 aromatic rings. The number of halogens is 1. The van der Waals surface area contributed by atoms with E-state index in [2.05, 4.69) is 45.4 Å². The Morgan fingerprint density at radius 2 is 2.19 bits per heavy atom. The van der Waals surface area contributed by atoms with Crippen LogP contribution in [0.5, 0.6) is 0 Å². The summed E-state index contributed by atoms with van der Waals surface area (Å²) in [5.41, 5.74) is 3.59. The molecule has 0 radical (unpaired) electrons. The molecule has 1 aliphatic rings. The van der Waals surface area contributed by atoms with Gasteiger partial charge >= 0.3 is 6.09 Å². The van der Waals surface area contributed by atoms with Crippen molar-refractivity contribution in [2.75, 3.05) is 18.5 Å². The number of hydrogen-bond acceptors (Lipinski definition) is 3. The number of aryl methyl sites for hydroxylation is 1. The van der Waals surface area contributed by atoms with Crippen molar-refractivity contribution in [2.24, 2.45) is 0 Å². The third kappa shape index (κ3) is 5.05. The van der Waals surface area contributed by atoms with Crippen molar-refractivity contribution >= 4 is 34.4 Å². The van der Waals surface area contributed by atoms with Crippen LogP contribution < -0.4 is 10.6 Å². The minimum Gasteiger partial charge on any atom is -0.449 e. The number of anilines is 1. The molecule has 0 bridgehead atoms. The molecule has 0 spiro atoms. The van der Waals surface area contributed by atoms with Gasteiger partial charge in [0.15, 0.2) is 0 Å². The number of carbonyl (C=O) groups excluding carboxylic acids is 1. The van der Waals surface area contributed by atoms with E-state index < -0.39 is 0 Å². The molecule has 2 rings (SSSR count). The lowest BCUT2D eigenvalue weighted by atomic mass is 10.0. The van der Waals surface area contributed by atoms with E-state index >= 15 is 0 Å². The minimum absolute atomic E-state index is 0.263. The smallest absolute Gasteiger partial charge is 0.407 e. The number of amides is 1. The molecule has 4 nitrogen and oxygen atoms in total. The van der Waals surface area contributed by atoms with Gasteiger partial charge in [0.25, 0.3) is 0 Å². The lowest BCUT2D eigenvalue weighted by molar-refractivity contribution is 0.139. The number of hydrogen-bond donors (Lipinski definition) is 2. The predicted molar refractivity (Wildman–Crippen MR) is 93.9 cm³/mol. The molecule has 1 amide bonds. The molecule has 1 aromatic carbocycles. The van der Waals surface area contributed by atoms with Crippen molar-refractivity contribution in [1.29, 1.82) is 0 Å². The van der Waals surface area contributed by atoms with Gasteiger partial charge in [-0.1, -0.05) is 0 Å². The van der Waals surface area contributed by atoms with Crippen LogP contribution >= 0.6 is 22.6 Å². The highest BCUT2D eigenvalue weighted by atomic mass is 127. The van der Waals surface area contributed by atoms with Crippen LogP contribution in [0.3, 0.4) is 0 Å². The van der Waals surface area contributed by atoms with Crippen molar-refractivity contribution in [1.82, 2.24) is 5.32 Å². The summed E-state index contributed by atoms with van der Waals surface area (Å²) >= 11 is 2.36. The summed E-state index contributed by atoms with van der Waals surface area (Å²) in [6.07, 6.45) is 2.72. The Hall–Kier alpha value is -0.980. The van der Waals surface area contributed by atoms with Crippen LogP contribution in [0.4, 0.5) is 10.5 Å². The van der Waals surface area contributed by atoms with Crippen molar-refractivity contribution in [3.05, 3.63) is 26.8 Å². The Balaban J connectivity index is 1.90. The Morgan fingerprint density at radius 3 is 2.90 bits per heavy atom. The topological polar surface area (TPSA) is 50.4 Å². The van der Waals surface area contributed by atoms with Crippen molar-refractivity contribution in [3.63, 3.8) is 0 Å². The predicted octanol–water partition coefficient (Wildman–Crippen LogP) is 3.72.